The van der Waals surface area contributed by atoms with E-state index in [0.29, 0.717) is 33.1 Å². The summed E-state index contributed by atoms with van der Waals surface area (Å²) in [7, 11) is 3.05. The number of benzene rings is 3. The lowest BCUT2D eigenvalue weighted by Gasteiger charge is -2.41. The molecule has 176 valence electrons. The van der Waals surface area contributed by atoms with Gasteiger partial charge in [0.2, 0.25) is 5.91 Å². The molecule has 1 aliphatic rings. The molecule has 0 aliphatic carbocycles. The highest BCUT2D eigenvalue weighted by Gasteiger charge is 2.44. The van der Waals surface area contributed by atoms with Crippen molar-refractivity contribution >= 4 is 29.1 Å². The van der Waals surface area contributed by atoms with Crippen LogP contribution in [-0.2, 0) is 9.53 Å². The minimum Gasteiger partial charge on any atom is -0.495 e. The second-order valence-electron chi connectivity index (χ2n) is 7.89. The third kappa shape index (κ3) is 4.62. The van der Waals surface area contributed by atoms with Crippen LogP contribution in [0.4, 0.5) is 10.1 Å². The first-order valence-electron chi connectivity index (χ1n) is 10.7. The van der Waals surface area contributed by atoms with Crippen molar-refractivity contribution in [2.24, 2.45) is 0 Å². The molecule has 0 bridgehead atoms. The van der Waals surface area contributed by atoms with E-state index in [1.54, 1.807) is 66.6 Å². The van der Waals surface area contributed by atoms with Crippen molar-refractivity contribution in [3.8, 4) is 5.75 Å². The summed E-state index contributed by atoms with van der Waals surface area (Å²) in [5.74, 6) is -1.30. The Balaban J connectivity index is 1.84. The number of rotatable bonds is 7. The van der Waals surface area contributed by atoms with E-state index in [2.05, 4.69) is 5.32 Å². The Morgan fingerprint density at radius 3 is 2.53 bits per heavy atom. The van der Waals surface area contributed by atoms with Crippen LogP contribution >= 0.6 is 11.6 Å². The molecule has 2 unspecified atom stereocenters. The van der Waals surface area contributed by atoms with Crippen molar-refractivity contribution in [1.29, 1.82) is 0 Å². The summed E-state index contributed by atoms with van der Waals surface area (Å²) < 4.78 is 24.3. The summed E-state index contributed by atoms with van der Waals surface area (Å²) in [5, 5.41) is 3.36. The average molecular weight is 483 g/mol. The highest BCUT2D eigenvalue weighted by Crippen LogP contribution is 2.43. The fraction of sp³-hybridized carbons (Fsp3) is 0.231. The minimum atomic E-state index is -0.778. The van der Waals surface area contributed by atoms with Gasteiger partial charge in [0.1, 0.15) is 11.6 Å². The Morgan fingerprint density at radius 2 is 1.82 bits per heavy atom. The molecule has 3 aromatic carbocycles. The number of anilines is 1. The van der Waals surface area contributed by atoms with Gasteiger partial charge in [-0.1, -0.05) is 41.9 Å². The largest absolute Gasteiger partial charge is 0.495 e. The number of nitrogens with one attached hydrogen (secondary N) is 1. The van der Waals surface area contributed by atoms with Gasteiger partial charge >= 0.3 is 0 Å². The van der Waals surface area contributed by atoms with E-state index in [1.165, 1.54) is 19.2 Å². The summed E-state index contributed by atoms with van der Waals surface area (Å²) >= 11 is 6.15. The Kier molecular flexibility index (Phi) is 7.14. The zero-order valence-corrected chi connectivity index (χ0v) is 19.5. The Morgan fingerprint density at radius 1 is 1.09 bits per heavy atom. The molecule has 3 aromatic rings. The number of nitrogens with zero attached hydrogens (tertiary/aromatic N) is 1. The van der Waals surface area contributed by atoms with Crippen molar-refractivity contribution in [3.63, 3.8) is 0 Å². The molecule has 2 atom stereocenters. The summed E-state index contributed by atoms with van der Waals surface area (Å²) in [6.45, 7) is 0.540. The number of methoxy groups -OCH3 is 2. The topological polar surface area (TPSA) is 67.9 Å². The van der Waals surface area contributed by atoms with Gasteiger partial charge in [-0.2, -0.15) is 0 Å². The van der Waals surface area contributed by atoms with Crippen molar-refractivity contribution in [1.82, 2.24) is 4.90 Å². The second-order valence-corrected chi connectivity index (χ2v) is 8.32. The first-order valence-corrected chi connectivity index (χ1v) is 11.1. The second kappa shape index (κ2) is 10.2. The summed E-state index contributed by atoms with van der Waals surface area (Å²) in [5.41, 5.74) is 2.08. The van der Waals surface area contributed by atoms with Gasteiger partial charge in [-0.05, 0) is 47.5 Å². The van der Waals surface area contributed by atoms with Crippen LogP contribution in [0.1, 0.15) is 33.4 Å². The molecule has 6 nitrogen and oxygen atoms in total. The molecule has 0 radical (unpaired) electrons. The smallest absolute Gasteiger partial charge is 0.254 e. The fourth-order valence-corrected chi connectivity index (χ4v) is 4.50. The van der Waals surface area contributed by atoms with Crippen LogP contribution in [0, 0.1) is 5.82 Å². The highest BCUT2D eigenvalue weighted by molar-refractivity contribution is 6.31. The van der Waals surface area contributed by atoms with E-state index in [-0.39, 0.29) is 25.0 Å². The van der Waals surface area contributed by atoms with Crippen LogP contribution in [0.5, 0.6) is 5.75 Å². The van der Waals surface area contributed by atoms with Crippen LogP contribution in [0.3, 0.4) is 0 Å². The maximum absolute atomic E-state index is 13.8. The molecule has 1 N–H and O–H groups in total. The SMILES string of the molecule is COCCN1C(=O)c2ccccc2C(C(=O)Nc2cc(Cl)ccc2OC)C1c1ccc(F)cc1. The van der Waals surface area contributed by atoms with E-state index >= 15 is 0 Å². The molecule has 0 aromatic heterocycles. The van der Waals surface area contributed by atoms with Gasteiger partial charge < -0.3 is 19.7 Å². The number of ether oxygens (including phenoxy) is 2. The van der Waals surface area contributed by atoms with E-state index in [0.717, 1.165) is 0 Å². The van der Waals surface area contributed by atoms with Crippen LogP contribution < -0.4 is 10.1 Å². The van der Waals surface area contributed by atoms with E-state index in [4.69, 9.17) is 21.1 Å². The lowest BCUT2D eigenvalue weighted by Crippen LogP contribution is -2.47. The maximum atomic E-state index is 13.8. The quantitative estimate of drug-likeness (QED) is 0.511. The zero-order chi connectivity index (χ0) is 24.2. The number of carbonyl (C=O) groups is 2. The zero-order valence-electron chi connectivity index (χ0n) is 18.8. The number of fused-ring (bicyclic) bond motifs is 1. The predicted octanol–water partition coefficient (Wildman–Crippen LogP) is 5.05. The van der Waals surface area contributed by atoms with Crippen LogP contribution in [-0.4, -0.2) is 44.1 Å². The molecule has 0 spiro atoms. The molecule has 0 saturated heterocycles. The number of hydrogen-bond acceptors (Lipinski definition) is 4. The summed E-state index contributed by atoms with van der Waals surface area (Å²) in [4.78, 5) is 28.9. The van der Waals surface area contributed by atoms with Crippen molar-refractivity contribution in [2.75, 3.05) is 32.7 Å². The molecule has 34 heavy (non-hydrogen) atoms. The lowest BCUT2D eigenvalue weighted by molar-refractivity contribution is -0.119. The van der Waals surface area contributed by atoms with Crippen LogP contribution in [0.2, 0.25) is 5.02 Å². The van der Waals surface area contributed by atoms with E-state index in [1.807, 2.05) is 0 Å². The Labute approximate surface area is 202 Å². The molecule has 0 saturated carbocycles. The van der Waals surface area contributed by atoms with Crippen LogP contribution in [0.25, 0.3) is 0 Å². The molecule has 8 heteroatoms. The predicted molar refractivity (Wildman–Crippen MR) is 128 cm³/mol. The van der Waals surface area contributed by atoms with Crippen molar-refractivity contribution < 1.29 is 23.5 Å². The third-order valence-corrected chi connectivity index (χ3v) is 6.12. The molecular formula is C26H24ClFN2O4. The van der Waals surface area contributed by atoms with Crippen molar-refractivity contribution in [2.45, 2.75) is 12.0 Å². The van der Waals surface area contributed by atoms with Gasteiger partial charge in [-0.3, -0.25) is 9.59 Å². The average Bonchev–Trinajstić information content (AvgIpc) is 2.84. The fourth-order valence-electron chi connectivity index (χ4n) is 4.33. The maximum Gasteiger partial charge on any atom is 0.254 e. The van der Waals surface area contributed by atoms with E-state index in [9.17, 15) is 14.0 Å². The summed E-state index contributed by atoms with van der Waals surface area (Å²) in [6, 6.07) is 17.1. The normalized spacial score (nSPS) is 17.3. The molecule has 0 fully saturated rings. The minimum absolute atomic E-state index is 0.216. The molecule has 1 aliphatic heterocycles. The van der Waals surface area contributed by atoms with Gasteiger partial charge in [-0.25, -0.2) is 4.39 Å². The van der Waals surface area contributed by atoms with Crippen LogP contribution in [0.15, 0.2) is 66.7 Å². The number of amides is 2. The molecule has 4 rings (SSSR count). The third-order valence-electron chi connectivity index (χ3n) is 5.89. The Bertz CT molecular complexity index is 1200. The monoisotopic (exact) mass is 482 g/mol. The first kappa shape index (κ1) is 23.7. The van der Waals surface area contributed by atoms with Gasteiger partial charge in [-0.15, -0.1) is 0 Å². The van der Waals surface area contributed by atoms with E-state index < -0.39 is 17.8 Å². The van der Waals surface area contributed by atoms with Gasteiger partial charge in [0, 0.05) is 24.2 Å². The first-order chi connectivity index (χ1) is 16.4. The number of carbonyl (C=O) groups excluding carboxylic acids is 2. The lowest BCUT2D eigenvalue weighted by atomic mass is 9.79. The molecule has 1 heterocycles. The van der Waals surface area contributed by atoms with Gasteiger partial charge in [0.25, 0.3) is 5.91 Å². The summed E-state index contributed by atoms with van der Waals surface area (Å²) in [6.07, 6.45) is 0. The standard InChI is InChI=1S/C26H24ClFN2O4/c1-33-14-13-30-24(16-7-10-18(28)11-8-16)23(19-5-3-4-6-20(19)26(30)32)25(31)29-21-15-17(27)9-12-22(21)34-2/h3-12,15,23-24H,13-14H2,1-2H3,(H,29,31). The van der Waals surface area contributed by atoms with Gasteiger partial charge in [0.05, 0.1) is 31.4 Å². The highest BCUT2D eigenvalue weighted by atomic mass is 35.5. The number of halogens is 2. The van der Waals surface area contributed by atoms with Gasteiger partial charge in [0.15, 0.2) is 0 Å². The van der Waals surface area contributed by atoms with Crippen molar-refractivity contribution in [3.05, 3.63) is 94.3 Å². The Hall–Kier alpha value is -3.42. The molecule has 2 amide bonds. The number of hydrogen-bond donors (Lipinski definition) is 1. The molecular weight excluding hydrogens is 459 g/mol.